The van der Waals surface area contributed by atoms with E-state index in [1.165, 1.54) is 6.07 Å². The van der Waals surface area contributed by atoms with E-state index in [0.717, 1.165) is 0 Å². The summed E-state index contributed by atoms with van der Waals surface area (Å²) in [5.41, 5.74) is 0.148. The van der Waals surface area contributed by atoms with Crippen molar-refractivity contribution in [1.82, 2.24) is 16.0 Å². The number of amides is 3. The summed E-state index contributed by atoms with van der Waals surface area (Å²) < 4.78 is 5.57. The van der Waals surface area contributed by atoms with Gasteiger partial charge in [-0.3, -0.25) is 14.4 Å². The highest BCUT2D eigenvalue weighted by Gasteiger charge is 2.28. The molecule has 1 aliphatic rings. The minimum atomic E-state index is -1.44. The minimum Gasteiger partial charge on any atom is -0.491 e. The Morgan fingerprint density at radius 3 is 2.61 bits per heavy atom. The molecule has 1 aromatic rings. The summed E-state index contributed by atoms with van der Waals surface area (Å²) >= 11 is 0. The Labute approximate surface area is 162 Å². The standard InChI is InChI=1S/C19H25N3O6/c1-11(2)9-13-18(25)20-7-8-28-15-6-4-3-5-12(15)17(24)22-14(19(26)27)10-16(23)21-13/h3-6,11,13-14H,7-10H2,1-2H3,(H,20,25)(H,21,23)(H,22,24)(H,26,27)/t13-,14+/m1/s1. The number of rotatable bonds is 3. The second-order valence-corrected chi connectivity index (χ2v) is 6.95. The summed E-state index contributed by atoms with van der Waals surface area (Å²) in [6.45, 7) is 4.12. The van der Waals surface area contributed by atoms with Crippen LogP contribution in [0.3, 0.4) is 0 Å². The summed E-state index contributed by atoms with van der Waals surface area (Å²) in [6, 6.07) is 4.12. The predicted molar refractivity (Wildman–Crippen MR) is 99.8 cm³/mol. The molecule has 1 heterocycles. The first-order valence-corrected chi connectivity index (χ1v) is 9.10. The number of carbonyl (C=O) groups excluding carboxylic acids is 3. The van der Waals surface area contributed by atoms with Crippen molar-refractivity contribution < 1.29 is 29.0 Å². The Balaban J connectivity index is 2.28. The molecule has 2 atom stereocenters. The van der Waals surface area contributed by atoms with E-state index >= 15 is 0 Å². The summed E-state index contributed by atoms with van der Waals surface area (Å²) in [6.07, 6.45) is -0.0999. The number of fused-ring (bicyclic) bond motifs is 1. The third-order valence-corrected chi connectivity index (χ3v) is 4.14. The number of para-hydroxylation sites is 1. The van der Waals surface area contributed by atoms with Crippen LogP contribution in [0.4, 0.5) is 0 Å². The highest BCUT2D eigenvalue weighted by molar-refractivity contribution is 6.00. The normalized spacial score (nSPS) is 21.5. The Kier molecular flexibility index (Phi) is 7.36. The third kappa shape index (κ3) is 5.97. The van der Waals surface area contributed by atoms with E-state index in [1.54, 1.807) is 18.2 Å². The van der Waals surface area contributed by atoms with Crippen LogP contribution in [-0.4, -0.2) is 54.0 Å². The molecule has 2 rings (SSSR count). The first-order valence-electron chi connectivity index (χ1n) is 9.10. The number of ether oxygens (including phenoxy) is 1. The van der Waals surface area contributed by atoms with Gasteiger partial charge in [-0.05, 0) is 24.5 Å². The lowest BCUT2D eigenvalue weighted by atomic mass is 10.0. The minimum absolute atomic E-state index is 0.112. The number of hydrogen-bond donors (Lipinski definition) is 4. The maximum Gasteiger partial charge on any atom is 0.326 e. The maximum absolute atomic E-state index is 12.5. The lowest BCUT2D eigenvalue weighted by Gasteiger charge is -2.22. The monoisotopic (exact) mass is 391 g/mol. The van der Waals surface area contributed by atoms with Crippen molar-refractivity contribution in [2.45, 2.75) is 38.8 Å². The average molecular weight is 391 g/mol. The highest BCUT2D eigenvalue weighted by atomic mass is 16.5. The lowest BCUT2D eigenvalue weighted by Crippen LogP contribution is -2.51. The number of benzene rings is 1. The van der Waals surface area contributed by atoms with Gasteiger partial charge in [-0.25, -0.2) is 4.79 Å². The molecule has 0 unspecified atom stereocenters. The maximum atomic E-state index is 12.5. The molecule has 0 saturated heterocycles. The van der Waals surface area contributed by atoms with E-state index in [4.69, 9.17) is 4.74 Å². The van der Waals surface area contributed by atoms with E-state index in [1.807, 2.05) is 13.8 Å². The zero-order valence-electron chi connectivity index (χ0n) is 15.9. The number of nitrogens with one attached hydrogen (secondary N) is 3. The lowest BCUT2D eigenvalue weighted by molar-refractivity contribution is -0.141. The fourth-order valence-electron chi connectivity index (χ4n) is 2.82. The molecule has 28 heavy (non-hydrogen) atoms. The number of carboxylic acid groups (broad SMARTS) is 1. The van der Waals surface area contributed by atoms with Crippen molar-refractivity contribution in [2.75, 3.05) is 13.2 Å². The molecule has 0 aromatic heterocycles. The molecule has 1 aliphatic heterocycles. The van der Waals surface area contributed by atoms with Gasteiger partial charge in [-0.1, -0.05) is 26.0 Å². The largest absolute Gasteiger partial charge is 0.491 e. The van der Waals surface area contributed by atoms with E-state index in [9.17, 15) is 24.3 Å². The zero-order valence-corrected chi connectivity index (χ0v) is 15.9. The quantitative estimate of drug-likeness (QED) is 0.586. The summed E-state index contributed by atoms with van der Waals surface area (Å²) in [5.74, 6) is -2.61. The smallest absolute Gasteiger partial charge is 0.326 e. The Bertz CT molecular complexity index is 749. The van der Waals surface area contributed by atoms with Crippen molar-refractivity contribution in [3.05, 3.63) is 29.8 Å². The van der Waals surface area contributed by atoms with Crippen LogP contribution in [0.15, 0.2) is 24.3 Å². The van der Waals surface area contributed by atoms with Crippen molar-refractivity contribution in [2.24, 2.45) is 5.92 Å². The topological polar surface area (TPSA) is 134 Å². The van der Waals surface area contributed by atoms with Crippen LogP contribution in [-0.2, 0) is 14.4 Å². The molecule has 0 fully saturated rings. The van der Waals surface area contributed by atoms with Gasteiger partial charge in [0.05, 0.1) is 18.5 Å². The Morgan fingerprint density at radius 2 is 1.93 bits per heavy atom. The molecule has 0 saturated carbocycles. The predicted octanol–water partition coefficient (Wildman–Crippen LogP) is 0.299. The molecule has 9 nitrogen and oxygen atoms in total. The van der Waals surface area contributed by atoms with Crippen LogP contribution in [0.5, 0.6) is 5.75 Å². The van der Waals surface area contributed by atoms with Crippen LogP contribution in [0.1, 0.15) is 37.0 Å². The van der Waals surface area contributed by atoms with Gasteiger partial charge < -0.3 is 25.8 Å². The second kappa shape index (κ2) is 9.72. The van der Waals surface area contributed by atoms with E-state index in [-0.39, 0.29) is 36.3 Å². The second-order valence-electron chi connectivity index (χ2n) is 6.95. The van der Waals surface area contributed by atoms with Crippen LogP contribution in [0.2, 0.25) is 0 Å². The average Bonchev–Trinajstić information content (AvgIpc) is 2.63. The Hall–Kier alpha value is -3.10. The van der Waals surface area contributed by atoms with Crippen LogP contribution in [0, 0.1) is 5.92 Å². The van der Waals surface area contributed by atoms with Gasteiger partial charge >= 0.3 is 5.97 Å². The SMILES string of the molecule is CC(C)C[C@H]1NC(=O)C[C@@H](C(=O)O)NC(=O)c2ccccc2OCCNC1=O. The van der Waals surface area contributed by atoms with E-state index < -0.39 is 36.3 Å². The molecule has 9 heteroatoms. The molecular weight excluding hydrogens is 366 g/mol. The fourth-order valence-corrected chi connectivity index (χ4v) is 2.82. The van der Waals surface area contributed by atoms with Gasteiger partial charge in [-0.2, -0.15) is 0 Å². The molecule has 0 radical (unpaired) electrons. The summed E-state index contributed by atoms with van der Waals surface area (Å²) in [5, 5.41) is 17.0. The molecule has 1 aromatic carbocycles. The number of aliphatic carboxylic acids is 1. The van der Waals surface area contributed by atoms with Gasteiger partial charge in [0.25, 0.3) is 5.91 Å². The van der Waals surface area contributed by atoms with Gasteiger partial charge in [0.15, 0.2) is 0 Å². The number of carboxylic acids is 1. The van der Waals surface area contributed by atoms with E-state index in [0.29, 0.717) is 6.42 Å². The molecular formula is C19H25N3O6. The molecule has 0 bridgehead atoms. The number of hydrogen-bond acceptors (Lipinski definition) is 5. The molecule has 152 valence electrons. The first kappa shape index (κ1) is 21.2. The molecule has 0 spiro atoms. The van der Waals surface area contributed by atoms with Gasteiger partial charge in [0.1, 0.15) is 24.4 Å². The van der Waals surface area contributed by atoms with Crippen molar-refractivity contribution in [1.29, 1.82) is 0 Å². The highest BCUT2D eigenvalue weighted by Crippen LogP contribution is 2.18. The molecule has 4 N–H and O–H groups in total. The van der Waals surface area contributed by atoms with Crippen LogP contribution in [0.25, 0.3) is 0 Å². The van der Waals surface area contributed by atoms with E-state index in [2.05, 4.69) is 16.0 Å². The summed E-state index contributed by atoms with van der Waals surface area (Å²) in [7, 11) is 0. The van der Waals surface area contributed by atoms with Gasteiger partial charge in [0.2, 0.25) is 11.8 Å². The van der Waals surface area contributed by atoms with Crippen molar-refractivity contribution in [3.8, 4) is 5.75 Å². The summed E-state index contributed by atoms with van der Waals surface area (Å²) in [4.78, 5) is 48.8. The van der Waals surface area contributed by atoms with Crippen LogP contribution >= 0.6 is 0 Å². The van der Waals surface area contributed by atoms with Crippen molar-refractivity contribution >= 4 is 23.7 Å². The van der Waals surface area contributed by atoms with Gasteiger partial charge in [0, 0.05) is 0 Å². The van der Waals surface area contributed by atoms with Crippen LogP contribution < -0.4 is 20.7 Å². The third-order valence-electron chi connectivity index (χ3n) is 4.14. The van der Waals surface area contributed by atoms with Crippen molar-refractivity contribution in [3.63, 3.8) is 0 Å². The van der Waals surface area contributed by atoms with Gasteiger partial charge in [-0.15, -0.1) is 0 Å². The first-order chi connectivity index (χ1) is 13.3. The molecule has 0 aliphatic carbocycles. The number of carbonyl (C=O) groups is 4. The molecule has 3 amide bonds. The zero-order chi connectivity index (χ0) is 20.7. The Morgan fingerprint density at radius 1 is 1.21 bits per heavy atom. The fraction of sp³-hybridized carbons (Fsp3) is 0.474.